The van der Waals surface area contributed by atoms with E-state index in [1.165, 1.54) is 11.3 Å². The zero-order valence-corrected chi connectivity index (χ0v) is 14.2. The predicted molar refractivity (Wildman–Crippen MR) is 85.7 cm³/mol. The number of aromatic nitrogens is 2. The number of aryl methyl sites for hydroxylation is 2. The van der Waals surface area contributed by atoms with Crippen molar-refractivity contribution < 1.29 is 9.47 Å². The molecule has 1 atom stereocenters. The van der Waals surface area contributed by atoms with Crippen molar-refractivity contribution in [3.63, 3.8) is 0 Å². The summed E-state index contributed by atoms with van der Waals surface area (Å²) in [6, 6.07) is 0.358. The highest BCUT2D eigenvalue weighted by molar-refractivity contribution is 5.27. The minimum Gasteiger partial charge on any atom is -0.382 e. The number of ether oxygens (including phenoxy) is 2. The van der Waals surface area contributed by atoms with Gasteiger partial charge in [0.25, 0.3) is 0 Å². The van der Waals surface area contributed by atoms with Gasteiger partial charge in [-0.1, -0.05) is 6.92 Å². The standard InChI is InChI=1S/C16H31N3O2/c1-6-8-17-13(2)16-14(3)18-19(15(16)4)9-7-10-21-12-11-20-5/h13,17H,6-12H2,1-5H3. The summed E-state index contributed by atoms with van der Waals surface area (Å²) in [4.78, 5) is 0. The number of hydrogen-bond acceptors (Lipinski definition) is 4. The molecule has 0 bridgehead atoms. The molecule has 0 aliphatic carbocycles. The second-order valence-electron chi connectivity index (χ2n) is 5.44. The first-order valence-corrected chi connectivity index (χ1v) is 7.95. The van der Waals surface area contributed by atoms with Crippen LogP contribution in [0.1, 0.15) is 49.7 Å². The molecule has 5 heteroatoms. The molecule has 1 heterocycles. The molecule has 0 amide bonds. The lowest BCUT2D eigenvalue weighted by molar-refractivity contribution is 0.0676. The number of nitrogens with one attached hydrogen (secondary N) is 1. The second-order valence-corrected chi connectivity index (χ2v) is 5.44. The molecule has 1 aromatic heterocycles. The summed E-state index contributed by atoms with van der Waals surface area (Å²) >= 11 is 0. The molecule has 0 radical (unpaired) electrons. The molecule has 1 rings (SSSR count). The Hall–Kier alpha value is -0.910. The topological polar surface area (TPSA) is 48.3 Å². The lowest BCUT2D eigenvalue weighted by atomic mass is 10.1. The molecule has 122 valence electrons. The van der Waals surface area contributed by atoms with Crippen molar-refractivity contribution in [1.82, 2.24) is 15.1 Å². The van der Waals surface area contributed by atoms with Crippen LogP contribution in [-0.2, 0) is 16.0 Å². The maximum atomic E-state index is 5.49. The summed E-state index contributed by atoms with van der Waals surface area (Å²) in [5.41, 5.74) is 3.73. The molecular formula is C16H31N3O2. The Labute approximate surface area is 129 Å². The molecule has 0 aliphatic rings. The van der Waals surface area contributed by atoms with Crippen LogP contribution in [0.4, 0.5) is 0 Å². The number of hydrogen-bond donors (Lipinski definition) is 1. The van der Waals surface area contributed by atoms with E-state index in [1.54, 1.807) is 7.11 Å². The van der Waals surface area contributed by atoms with Gasteiger partial charge in [-0.3, -0.25) is 4.68 Å². The van der Waals surface area contributed by atoms with Crippen LogP contribution in [0, 0.1) is 13.8 Å². The maximum absolute atomic E-state index is 5.49. The highest BCUT2D eigenvalue weighted by atomic mass is 16.5. The van der Waals surface area contributed by atoms with Gasteiger partial charge in [0.2, 0.25) is 0 Å². The molecule has 0 fully saturated rings. The molecule has 5 nitrogen and oxygen atoms in total. The third kappa shape index (κ3) is 5.77. The lowest BCUT2D eigenvalue weighted by Crippen LogP contribution is -2.20. The van der Waals surface area contributed by atoms with Gasteiger partial charge in [-0.25, -0.2) is 0 Å². The van der Waals surface area contributed by atoms with Crippen LogP contribution in [-0.4, -0.2) is 43.3 Å². The minimum atomic E-state index is 0.358. The molecule has 0 saturated heterocycles. The highest BCUT2D eigenvalue weighted by Crippen LogP contribution is 2.21. The first-order valence-electron chi connectivity index (χ1n) is 7.95. The summed E-state index contributed by atoms with van der Waals surface area (Å²) in [6.07, 6.45) is 2.12. The van der Waals surface area contributed by atoms with Crippen molar-refractivity contribution >= 4 is 0 Å². The van der Waals surface area contributed by atoms with Gasteiger partial charge in [-0.2, -0.15) is 5.10 Å². The minimum absolute atomic E-state index is 0.358. The van der Waals surface area contributed by atoms with Gasteiger partial charge in [0.1, 0.15) is 0 Å². The Kier molecular flexibility index (Phi) is 8.57. The van der Waals surface area contributed by atoms with Crippen molar-refractivity contribution in [2.24, 2.45) is 0 Å². The van der Waals surface area contributed by atoms with Gasteiger partial charge in [0, 0.05) is 37.6 Å². The smallest absolute Gasteiger partial charge is 0.0700 e. The van der Waals surface area contributed by atoms with Crippen LogP contribution >= 0.6 is 0 Å². The molecule has 0 spiro atoms. The molecular weight excluding hydrogens is 266 g/mol. The number of nitrogens with zero attached hydrogens (tertiary/aromatic N) is 2. The fourth-order valence-electron chi connectivity index (χ4n) is 2.58. The highest BCUT2D eigenvalue weighted by Gasteiger charge is 2.16. The van der Waals surface area contributed by atoms with E-state index in [2.05, 4.69) is 42.8 Å². The van der Waals surface area contributed by atoms with Crippen LogP contribution in [0.3, 0.4) is 0 Å². The fourth-order valence-corrected chi connectivity index (χ4v) is 2.58. The average molecular weight is 297 g/mol. The Morgan fingerprint density at radius 1 is 1.24 bits per heavy atom. The van der Waals surface area contributed by atoms with Gasteiger partial charge in [-0.15, -0.1) is 0 Å². The third-order valence-electron chi connectivity index (χ3n) is 3.66. The lowest BCUT2D eigenvalue weighted by Gasteiger charge is -2.14. The largest absolute Gasteiger partial charge is 0.382 e. The second kappa shape index (κ2) is 9.92. The van der Waals surface area contributed by atoms with Crippen LogP contribution < -0.4 is 5.32 Å². The summed E-state index contributed by atoms with van der Waals surface area (Å²) in [5.74, 6) is 0. The molecule has 0 aliphatic heterocycles. The zero-order valence-electron chi connectivity index (χ0n) is 14.2. The van der Waals surface area contributed by atoms with E-state index in [0.717, 1.165) is 38.2 Å². The van der Waals surface area contributed by atoms with Crippen molar-refractivity contribution in [3.05, 3.63) is 17.0 Å². The van der Waals surface area contributed by atoms with Gasteiger partial charge >= 0.3 is 0 Å². The van der Waals surface area contributed by atoms with E-state index in [0.29, 0.717) is 19.3 Å². The van der Waals surface area contributed by atoms with E-state index >= 15 is 0 Å². The Balaban J connectivity index is 2.49. The van der Waals surface area contributed by atoms with Gasteiger partial charge in [0.05, 0.1) is 18.9 Å². The summed E-state index contributed by atoms with van der Waals surface area (Å²) in [5, 5.41) is 8.21. The van der Waals surface area contributed by atoms with E-state index < -0.39 is 0 Å². The van der Waals surface area contributed by atoms with Crippen molar-refractivity contribution in [3.8, 4) is 0 Å². The van der Waals surface area contributed by atoms with Crippen LogP contribution in [0.25, 0.3) is 0 Å². The van der Waals surface area contributed by atoms with Gasteiger partial charge < -0.3 is 14.8 Å². The molecule has 1 N–H and O–H groups in total. The van der Waals surface area contributed by atoms with Crippen molar-refractivity contribution in [2.45, 2.75) is 53.1 Å². The van der Waals surface area contributed by atoms with E-state index in [9.17, 15) is 0 Å². The van der Waals surface area contributed by atoms with E-state index in [4.69, 9.17) is 9.47 Å². The van der Waals surface area contributed by atoms with Crippen molar-refractivity contribution in [1.29, 1.82) is 0 Å². The first kappa shape index (κ1) is 18.1. The Bertz CT molecular complexity index is 404. The SMILES string of the molecule is CCCNC(C)c1c(C)nn(CCCOCCOC)c1C. The molecule has 0 saturated carbocycles. The Morgan fingerprint density at radius 2 is 2.00 bits per heavy atom. The molecule has 1 aromatic rings. The van der Waals surface area contributed by atoms with Gasteiger partial charge in [-0.05, 0) is 40.2 Å². The van der Waals surface area contributed by atoms with E-state index in [-0.39, 0.29) is 0 Å². The average Bonchev–Trinajstić information content (AvgIpc) is 2.74. The van der Waals surface area contributed by atoms with Crippen LogP contribution in [0.2, 0.25) is 0 Å². The monoisotopic (exact) mass is 297 g/mol. The molecule has 21 heavy (non-hydrogen) atoms. The third-order valence-corrected chi connectivity index (χ3v) is 3.66. The fraction of sp³-hybridized carbons (Fsp3) is 0.812. The molecule has 1 unspecified atom stereocenters. The molecule has 0 aromatic carbocycles. The van der Waals surface area contributed by atoms with Crippen LogP contribution in [0.15, 0.2) is 0 Å². The van der Waals surface area contributed by atoms with Crippen molar-refractivity contribution in [2.75, 3.05) is 33.5 Å². The quantitative estimate of drug-likeness (QED) is 0.638. The summed E-state index contributed by atoms with van der Waals surface area (Å²) in [6.45, 7) is 12.7. The normalized spacial score (nSPS) is 12.8. The predicted octanol–water partition coefficient (Wildman–Crippen LogP) is 2.61. The van der Waals surface area contributed by atoms with Gasteiger partial charge in [0.15, 0.2) is 0 Å². The van der Waals surface area contributed by atoms with E-state index in [1.807, 2.05) is 0 Å². The van der Waals surface area contributed by atoms with Crippen LogP contribution in [0.5, 0.6) is 0 Å². The Morgan fingerprint density at radius 3 is 2.67 bits per heavy atom. The summed E-state index contributed by atoms with van der Waals surface area (Å²) < 4.78 is 12.6. The number of rotatable bonds is 11. The number of methoxy groups -OCH3 is 1. The maximum Gasteiger partial charge on any atom is 0.0700 e. The first-order chi connectivity index (χ1) is 10.1. The zero-order chi connectivity index (χ0) is 15.7. The summed E-state index contributed by atoms with van der Waals surface area (Å²) in [7, 11) is 1.69.